The van der Waals surface area contributed by atoms with E-state index in [1.807, 2.05) is 24.3 Å². The molecule has 0 unspecified atom stereocenters. The zero-order chi connectivity index (χ0) is 13.2. The molecule has 5 nitrogen and oxygen atoms in total. The topological polar surface area (TPSA) is 67.0 Å². The van der Waals surface area contributed by atoms with Crippen molar-refractivity contribution in [3.05, 3.63) is 45.9 Å². The molecule has 1 aliphatic heterocycles. The van der Waals surface area contributed by atoms with Gasteiger partial charge in [0.25, 0.3) is 5.56 Å². The minimum absolute atomic E-state index is 0.0528. The monoisotopic (exact) mass is 257 g/mol. The maximum Gasteiger partial charge on any atom is 0.255 e. The first-order chi connectivity index (χ1) is 9.28. The van der Waals surface area contributed by atoms with Gasteiger partial charge in [0.15, 0.2) is 0 Å². The summed E-state index contributed by atoms with van der Waals surface area (Å²) in [6.45, 7) is 1.46. The Morgan fingerprint density at radius 3 is 2.79 bits per heavy atom. The molecule has 0 spiro atoms. The summed E-state index contributed by atoms with van der Waals surface area (Å²) in [7, 11) is 1.63. The summed E-state index contributed by atoms with van der Waals surface area (Å²) >= 11 is 0. The van der Waals surface area contributed by atoms with Crippen molar-refractivity contribution in [2.24, 2.45) is 0 Å². The molecule has 0 saturated carbocycles. The first-order valence-electron chi connectivity index (χ1n) is 6.25. The Morgan fingerprint density at radius 2 is 2.05 bits per heavy atom. The van der Waals surface area contributed by atoms with Gasteiger partial charge in [0.05, 0.1) is 18.4 Å². The molecule has 1 aromatic carbocycles. The molecule has 2 aromatic rings. The van der Waals surface area contributed by atoms with E-state index < -0.39 is 0 Å². The fourth-order valence-electron chi connectivity index (χ4n) is 2.24. The van der Waals surface area contributed by atoms with Crippen molar-refractivity contribution in [3.8, 4) is 17.1 Å². The van der Waals surface area contributed by atoms with Crippen LogP contribution in [0.1, 0.15) is 11.3 Å². The SMILES string of the molecule is COc1ccc(-c2nc3c(c(=O)[nH]2)CNCC3)cc1. The van der Waals surface area contributed by atoms with Crippen LogP contribution in [-0.4, -0.2) is 23.6 Å². The van der Waals surface area contributed by atoms with Gasteiger partial charge in [-0.2, -0.15) is 0 Å². The molecule has 3 rings (SSSR count). The largest absolute Gasteiger partial charge is 0.497 e. The van der Waals surface area contributed by atoms with Crippen molar-refractivity contribution in [1.29, 1.82) is 0 Å². The number of nitrogens with one attached hydrogen (secondary N) is 2. The van der Waals surface area contributed by atoms with Crippen molar-refractivity contribution in [1.82, 2.24) is 15.3 Å². The fourth-order valence-corrected chi connectivity index (χ4v) is 2.24. The number of hydrogen-bond acceptors (Lipinski definition) is 4. The number of methoxy groups -OCH3 is 1. The van der Waals surface area contributed by atoms with E-state index in [1.54, 1.807) is 7.11 Å². The number of H-pyrrole nitrogens is 1. The molecule has 1 aliphatic rings. The Kier molecular flexibility index (Phi) is 3.05. The standard InChI is InChI=1S/C14H15N3O2/c1-19-10-4-2-9(3-5-10)13-16-12-6-7-15-8-11(12)14(18)17-13/h2-5,15H,6-8H2,1H3,(H,16,17,18). The van der Waals surface area contributed by atoms with Crippen molar-refractivity contribution >= 4 is 0 Å². The Hall–Kier alpha value is -2.14. The van der Waals surface area contributed by atoms with Crippen LogP contribution < -0.4 is 15.6 Å². The van der Waals surface area contributed by atoms with Gasteiger partial charge in [-0.1, -0.05) is 0 Å². The third-order valence-electron chi connectivity index (χ3n) is 3.30. The second-order valence-electron chi connectivity index (χ2n) is 4.50. The van der Waals surface area contributed by atoms with Crippen LogP contribution >= 0.6 is 0 Å². The third-order valence-corrected chi connectivity index (χ3v) is 3.30. The van der Waals surface area contributed by atoms with Crippen LogP contribution in [0, 0.1) is 0 Å². The molecule has 0 saturated heterocycles. The third kappa shape index (κ3) is 2.24. The highest BCUT2D eigenvalue weighted by molar-refractivity contribution is 5.56. The molecule has 1 aromatic heterocycles. The molecule has 0 fully saturated rings. The van der Waals surface area contributed by atoms with Gasteiger partial charge in [-0.3, -0.25) is 4.79 Å². The predicted octanol–water partition coefficient (Wildman–Crippen LogP) is 1.09. The zero-order valence-electron chi connectivity index (χ0n) is 10.7. The highest BCUT2D eigenvalue weighted by Gasteiger charge is 2.15. The molecule has 2 N–H and O–H groups in total. The lowest BCUT2D eigenvalue weighted by Gasteiger charge is -2.15. The summed E-state index contributed by atoms with van der Waals surface area (Å²) < 4.78 is 5.12. The Balaban J connectivity index is 2.05. The lowest BCUT2D eigenvalue weighted by atomic mass is 10.1. The van der Waals surface area contributed by atoms with Crippen LogP contribution in [-0.2, 0) is 13.0 Å². The van der Waals surface area contributed by atoms with Crippen LogP contribution in [0.4, 0.5) is 0 Å². The maximum atomic E-state index is 12.0. The molecule has 5 heteroatoms. The molecule has 0 atom stereocenters. The molecule has 2 heterocycles. The maximum absolute atomic E-state index is 12.0. The Morgan fingerprint density at radius 1 is 1.26 bits per heavy atom. The van der Waals surface area contributed by atoms with Gasteiger partial charge in [0.1, 0.15) is 11.6 Å². The number of aromatic amines is 1. The van der Waals surface area contributed by atoms with Crippen molar-refractivity contribution in [3.63, 3.8) is 0 Å². The molecular weight excluding hydrogens is 242 g/mol. The molecule has 0 aliphatic carbocycles. The average molecular weight is 257 g/mol. The number of nitrogens with zero attached hydrogens (tertiary/aromatic N) is 1. The van der Waals surface area contributed by atoms with Gasteiger partial charge in [-0.25, -0.2) is 4.98 Å². The van der Waals surface area contributed by atoms with Crippen molar-refractivity contribution in [2.75, 3.05) is 13.7 Å². The van der Waals surface area contributed by atoms with Gasteiger partial charge in [0.2, 0.25) is 0 Å². The van der Waals surface area contributed by atoms with Crippen LogP contribution in [0.2, 0.25) is 0 Å². The lowest BCUT2D eigenvalue weighted by molar-refractivity contribution is 0.415. The Bertz CT molecular complexity index is 647. The second-order valence-corrected chi connectivity index (χ2v) is 4.50. The summed E-state index contributed by atoms with van der Waals surface area (Å²) in [6.07, 6.45) is 0.794. The lowest BCUT2D eigenvalue weighted by Crippen LogP contribution is -2.31. The highest BCUT2D eigenvalue weighted by Crippen LogP contribution is 2.19. The van der Waals surface area contributed by atoms with E-state index in [2.05, 4.69) is 15.3 Å². The van der Waals surface area contributed by atoms with Crippen molar-refractivity contribution in [2.45, 2.75) is 13.0 Å². The second kappa shape index (κ2) is 4.85. The summed E-state index contributed by atoms with van der Waals surface area (Å²) in [4.78, 5) is 19.4. The van der Waals surface area contributed by atoms with Crippen molar-refractivity contribution < 1.29 is 4.74 Å². The minimum atomic E-state index is -0.0528. The smallest absolute Gasteiger partial charge is 0.255 e. The molecule has 0 bridgehead atoms. The van der Waals surface area contributed by atoms with E-state index in [1.165, 1.54) is 0 Å². The molecule has 0 amide bonds. The number of ether oxygens (including phenoxy) is 1. The summed E-state index contributed by atoms with van der Waals surface area (Å²) in [5.74, 6) is 1.40. The molecule has 0 radical (unpaired) electrons. The molecule has 19 heavy (non-hydrogen) atoms. The predicted molar refractivity (Wildman–Crippen MR) is 72.3 cm³/mol. The van der Waals surface area contributed by atoms with Crippen LogP contribution in [0.3, 0.4) is 0 Å². The molecular formula is C14H15N3O2. The fraction of sp³-hybridized carbons (Fsp3) is 0.286. The van der Waals surface area contributed by atoms with Gasteiger partial charge in [-0.15, -0.1) is 0 Å². The van der Waals surface area contributed by atoms with Crippen LogP contribution in [0.25, 0.3) is 11.4 Å². The molecule has 98 valence electrons. The summed E-state index contributed by atoms with van der Waals surface area (Å²) in [5, 5.41) is 3.18. The average Bonchev–Trinajstić information content (AvgIpc) is 2.47. The van der Waals surface area contributed by atoms with E-state index in [4.69, 9.17) is 4.74 Å². The first kappa shape index (κ1) is 11.9. The van der Waals surface area contributed by atoms with Gasteiger partial charge in [0, 0.05) is 25.1 Å². The number of benzene rings is 1. The van der Waals surface area contributed by atoms with E-state index in [0.29, 0.717) is 12.4 Å². The highest BCUT2D eigenvalue weighted by atomic mass is 16.5. The number of hydrogen-bond donors (Lipinski definition) is 2. The van der Waals surface area contributed by atoms with Crippen LogP contribution in [0.15, 0.2) is 29.1 Å². The van der Waals surface area contributed by atoms with E-state index in [9.17, 15) is 4.79 Å². The van der Waals surface area contributed by atoms with E-state index >= 15 is 0 Å². The minimum Gasteiger partial charge on any atom is -0.497 e. The van der Waals surface area contributed by atoms with E-state index in [0.717, 1.165) is 35.5 Å². The van der Waals surface area contributed by atoms with E-state index in [-0.39, 0.29) is 5.56 Å². The Labute approximate surface area is 110 Å². The van der Waals surface area contributed by atoms with Gasteiger partial charge in [-0.05, 0) is 24.3 Å². The number of rotatable bonds is 2. The quantitative estimate of drug-likeness (QED) is 0.845. The number of aromatic nitrogens is 2. The number of fused-ring (bicyclic) bond motifs is 1. The normalized spacial score (nSPS) is 13.9. The van der Waals surface area contributed by atoms with Gasteiger partial charge >= 0.3 is 0 Å². The zero-order valence-corrected chi connectivity index (χ0v) is 10.7. The first-order valence-corrected chi connectivity index (χ1v) is 6.25. The summed E-state index contributed by atoms with van der Waals surface area (Å²) in [5.41, 5.74) is 2.49. The van der Waals surface area contributed by atoms with Gasteiger partial charge < -0.3 is 15.0 Å². The summed E-state index contributed by atoms with van der Waals surface area (Å²) in [6, 6.07) is 7.50. The van der Waals surface area contributed by atoms with Crippen LogP contribution in [0.5, 0.6) is 5.75 Å².